The summed E-state index contributed by atoms with van der Waals surface area (Å²) in [5, 5.41) is 1.25. The number of alkyl halides is 2. The molecule has 0 spiro atoms. The van der Waals surface area contributed by atoms with Crippen molar-refractivity contribution in [3.8, 4) is 0 Å². The van der Waals surface area contributed by atoms with Gasteiger partial charge in [0.2, 0.25) is 8.32 Å². The van der Waals surface area contributed by atoms with Gasteiger partial charge in [-0.25, -0.2) is 28.9 Å². The fraction of sp³-hybridized carbons (Fsp3) is 0.792. The molecule has 4 amide bonds. The van der Waals surface area contributed by atoms with Gasteiger partial charge in [-0.2, -0.15) is 0 Å². The first kappa shape index (κ1) is 29.3. The average Bonchev–Trinajstić information content (AvgIpc) is 3.14. The molecule has 210 valence electrons. The first-order valence-electron chi connectivity index (χ1n) is 12.5. The first-order valence-corrected chi connectivity index (χ1v) is 15.4. The Balaban J connectivity index is 1.62. The molecule has 0 aromatic rings. The maximum atomic E-state index is 14.1. The van der Waals surface area contributed by atoms with Crippen molar-refractivity contribution >= 4 is 26.3 Å². The SMILES string of the molecule is CC1=C[C@H]2CN(C(=O)N2O[Si](C)(C)C(C)(C)C)[C@@H]1C(=O)NOC[C@@H]1CC(F)(F)CN1C(=O)OC(C)(C)C. The molecule has 10 nitrogen and oxygen atoms in total. The summed E-state index contributed by atoms with van der Waals surface area (Å²) in [4.78, 5) is 46.3. The van der Waals surface area contributed by atoms with Crippen LogP contribution in [-0.4, -0.2) is 90.6 Å². The number of fused-ring (bicyclic) bond motifs is 2. The van der Waals surface area contributed by atoms with Crippen LogP contribution in [0.2, 0.25) is 18.1 Å². The van der Waals surface area contributed by atoms with Gasteiger partial charge in [0.25, 0.3) is 11.8 Å². The number of likely N-dealkylation sites (tertiary alicyclic amines) is 1. The van der Waals surface area contributed by atoms with E-state index in [1.165, 1.54) is 9.96 Å². The lowest BCUT2D eigenvalue weighted by atomic mass is 10.0. The summed E-state index contributed by atoms with van der Waals surface area (Å²) in [7, 11) is -2.30. The summed E-state index contributed by atoms with van der Waals surface area (Å²) in [6, 6.07) is -2.63. The van der Waals surface area contributed by atoms with Gasteiger partial charge in [-0.05, 0) is 51.4 Å². The summed E-state index contributed by atoms with van der Waals surface area (Å²) < 4.78 is 39.7. The number of carbonyl (C=O) groups excluding carboxylic acids is 3. The highest BCUT2D eigenvalue weighted by molar-refractivity contribution is 6.74. The second kappa shape index (κ2) is 9.81. The van der Waals surface area contributed by atoms with E-state index in [4.69, 9.17) is 14.1 Å². The van der Waals surface area contributed by atoms with E-state index in [-0.39, 0.29) is 24.2 Å². The number of rotatable bonds is 6. The molecule has 3 aliphatic heterocycles. The number of amides is 4. The Morgan fingerprint density at radius 3 is 2.38 bits per heavy atom. The van der Waals surface area contributed by atoms with Gasteiger partial charge in [0.1, 0.15) is 11.6 Å². The number of halogens is 2. The normalized spacial score (nSPS) is 25.9. The highest BCUT2D eigenvalue weighted by Gasteiger charge is 2.51. The first-order chi connectivity index (χ1) is 16.7. The van der Waals surface area contributed by atoms with E-state index >= 15 is 0 Å². The van der Waals surface area contributed by atoms with Crippen molar-refractivity contribution < 1.29 is 37.3 Å². The quantitative estimate of drug-likeness (QED) is 0.307. The molecule has 3 rings (SSSR count). The smallest absolute Gasteiger partial charge is 0.410 e. The zero-order valence-corrected chi connectivity index (χ0v) is 24.2. The topological polar surface area (TPSA) is 101 Å². The Morgan fingerprint density at radius 1 is 1.19 bits per heavy atom. The van der Waals surface area contributed by atoms with Crippen molar-refractivity contribution in [1.29, 1.82) is 0 Å². The molecule has 3 heterocycles. The van der Waals surface area contributed by atoms with Crippen molar-refractivity contribution in [3.05, 3.63) is 11.6 Å². The van der Waals surface area contributed by atoms with Crippen LogP contribution < -0.4 is 5.48 Å². The number of carbonyl (C=O) groups is 3. The van der Waals surface area contributed by atoms with Crippen molar-refractivity contribution in [2.45, 2.75) is 103 Å². The predicted molar refractivity (Wildman–Crippen MR) is 134 cm³/mol. The fourth-order valence-corrected chi connectivity index (χ4v) is 5.26. The summed E-state index contributed by atoms with van der Waals surface area (Å²) in [6.07, 6.45) is 0.350. The average molecular weight is 547 g/mol. The Morgan fingerprint density at radius 2 is 1.81 bits per heavy atom. The molecular formula is C24H40F2N4O6Si. The standard InChI is InChI=1S/C24H40F2N4O6Si/c1-15-10-16-12-28(20(32)30(16)36-37(8,9)23(5,6)7)18(15)19(31)27-34-13-17-11-24(25,26)14-29(17)21(33)35-22(2,3)4/h10,16-18H,11-14H2,1-9H3,(H,27,31)/t16-,17-,18-/m0/s1. The van der Waals surface area contributed by atoms with Crippen LogP contribution in [0.25, 0.3) is 0 Å². The van der Waals surface area contributed by atoms with E-state index in [2.05, 4.69) is 26.3 Å². The largest absolute Gasteiger partial charge is 0.444 e. The van der Waals surface area contributed by atoms with Crippen molar-refractivity contribution in [2.24, 2.45) is 0 Å². The van der Waals surface area contributed by atoms with E-state index in [1.54, 1.807) is 27.7 Å². The van der Waals surface area contributed by atoms with Gasteiger partial charge in [-0.1, -0.05) is 26.8 Å². The third-order valence-corrected chi connectivity index (χ3v) is 11.4. The number of ether oxygens (including phenoxy) is 1. The Kier molecular flexibility index (Phi) is 7.77. The van der Waals surface area contributed by atoms with Crippen LogP contribution >= 0.6 is 0 Å². The number of hydroxylamine groups is 3. The zero-order chi connectivity index (χ0) is 28.1. The highest BCUT2D eigenvalue weighted by Crippen LogP contribution is 2.40. The van der Waals surface area contributed by atoms with Crippen LogP contribution in [0.1, 0.15) is 54.9 Å². The van der Waals surface area contributed by atoms with Crippen LogP contribution in [0, 0.1) is 0 Å². The lowest BCUT2D eigenvalue weighted by molar-refractivity contribution is -0.138. The number of nitrogens with zero attached hydrogens (tertiary/aromatic N) is 3. The minimum atomic E-state index is -3.10. The van der Waals surface area contributed by atoms with Gasteiger partial charge in [0.05, 0.1) is 31.8 Å². The molecule has 37 heavy (non-hydrogen) atoms. The molecule has 2 fully saturated rings. The van der Waals surface area contributed by atoms with Crippen LogP contribution in [0.5, 0.6) is 0 Å². The highest BCUT2D eigenvalue weighted by atomic mass is 28.4. The molecule has 2 saturated heterocycles. The third-order valence-electron chi connectivity index (χ3n) is 7.15. The number of urea groups is 1. The van der Waals surface area contributed by atoms with Crippen LogP contribution in [0.15, 0.2) is 11.6 Å². The van der Waals surface area contributed by atoms with Crippen LogP contribution in [0.3, 0.4) is 0 Å². The van der Waals surface area contributed by atoms with E-state index in [0.29, 0.717) is 5.57 Å². The molecule has 3 aliphatic rings. The van der Waals surface area contributed by atoms with Crippen molar-refractivity contribution in [3.63, 3.8) is 0 Å². The summed E-state index contributed by atoms with van der Waals surface area (Å²) >= 11 is 0. The second-order valence-electron chi connectivity index (χ2n) is 12.6. The van der Waals surface area contributed by atoms with Crippen molar-refractivity contribution in [1.82, 2.24) is 20.3 Å². The van der Waals surface area contributed by atoms with E-state index < -0.39 is 62.9 Å². The molecule has 0 unspecified atom stereocenters. The second-order valence-corrected chi connectivity index (χ2v) is 17.3. The lowest BCUT2D eigenvalue weighted by Gasteiger charge is -2.39. The van der Waals surface area contributed by atoms with Crippen LogP contribution in [-0.2, 0) is 18.9 Å². The van der Waals surface area contributed by atoms with Gasteiger partial charge < -0.3 is 14.2 Å². The van der Waals surface area contributed by atoms with Crippen molar-refractivity contribution in [2.75, 3.05) is 19.7 Å². The Hall–Kier alpha value is -2.25. The molecule has 1 N–H and O–H groups in total. The monoisotopic (exact) mass is 546 g/mol. The lowest BCUT2D eigenvalue weighted by Crippen LogP contribution is -2.51. The van der Waals surface area contributed by atoms with Gasteiger partial charge in [-0.3, -0.25) is 14.5 Å². The van der Waals surface area contributed by atoms with E-state index in [1.807, 2.05) is 19.2 Å². The maximum absolute atomic E-state index is 14.1. The number of nitrogens with one attached hydrogen (secondary N) is 1. The molecule has 0 aliphatic carbocycles. The molecule has 0 aromatic heterocycles. The minimum Gasteiger partial charge on any atom is -0.444 e. The Bertz CT molecular complexity index is 962. The van der Waals surface area contributed by atoms with E-state index in [9.17, 15) is 23.2 Å². The predicted octanol–water partition coefficient (Wildman–Crippen LogP) is 4.05. The summed E-state index contributed by atoms with van der Waals surface area (Å²) in [6.45, 7) is 16.1. The molecule has 13 heteroatoms. The van der Waals surface area contributed by atoms with Gasteiger partial charge in [0, 0.05) is 6.42 Å². The van der Waals surface area contributed by atoms with Gasteiger partial charge in [-0.15, -0.1) is 0 Å². The van der Waals surface area contributed by atoms with Gasteiger partial charge >= 0.3 is 12.1 Å². The number of hydrogen-bond donors (Lipinski definition) is 1. The molecule has 3 atom stereocenters. The molecular weight excluding hydrogens is 506 g/mol. The zero-order valence-electron chi connectivity index (χ0n) is 23.2. The summed E-state index contributed by atoms with van der Waals surface area (Å²) in [5.41, 5.74) is 2.09. The number of hydrogen-bond acceptors (Lipinski definition) is 6. The molecule has 0 radical (unpaired) electrons. The fourth-order valence-electron chi connectivity index (χ4n) is 4.28. The Labute approximate surface area is 218 Å². The van der Waals surface area contributed by atoms with Gasteiger partial charge in [0.15, 0.2) is 0 Å². The molecule has 0 aromatic carbocycles. The maximum Gasteiger partial charge on any atom is 0.410 e. The van der Waals surface area contributed by atoms with Crippen LogP contribution in [0.4, 0.5) is 18.4 Å². The molecule has 0 saturated carbocycles. The minimum absolute atomic E-state index is 0.118. The molecule has 2 bridgehead atoms. The van der Waals surface area contributed by atoms with E-state index in [0.717, 1.165) is 4.90 Å². The third kappa shape index (κ3) is 6.43. The summed E-state index contributed by atoms with van der Waals surface area (Å²) in [5.74, 6) is -3.70.